The van der Waals surface area contributed by atoms with Crippen molar-refractivity contribution in [2.45, 2.75) is 12.5 Å². The minimum absolute atomic E-state index is 0.157. The highest BCUT2D eigenvalue weighted by atomic mass is 16.5. The van der Waals surface area contributed by atoms with Crippen LogP contribution in [0.25, 0.3) is 44.3 Å². The van der Waals surface area contributed by atoms with E-state index >= 15 is 0 Å². The molecule has 6 aromatic rings. The van der Waals surface area contributed by atoms with Crippen LogP contribution < -0.4 is 10.5 Å². The van der Waals surface area contributed by atoms with Crippen LogP contribution in [0, 0.1) is 0 Å². The Morgan fingerprint density at radius 3 is 2.83 bits per heavy atom. The summed E-state index contributed by atoms with van der Waals surface area (Å²) in [7, 11) is 0. The van der Waals surface area contributed by atoms with Crippen LogP contribution in [0.1, 0.15) is 5.56 Å². The number of para-hydroxylation sites is 1. The fourth-order valence-electron chi connectivity index (χ4n) is 4.45. The van der Waals surface area contributed by atoms with E-state index in [-0.39, 0.29) is 6.04 Å². The van der Waals surface area contributed by atoms with Gasteiger partial charge in [-0.1, -0.05) is 30.3 Å². The molecular weight excluding hydrogens is 436 g/mol. The highest BCUT2D eigenvalue weighted by molar-refractivity contribution is 5.89. The maximum Gasteiger partial charge on any atom is 0.152 e. The van der Waals surface area contributed by atoms with Gasteiger partial charge in [-0.05, 0) is 59.3 Å². The molecule has 172 valence electrons. The Balaban J connectivity index is 1.27. The van der Waals surface area contributed by atoms with Gasteiger partial charge in [0.25, 0.3) is 0 Å². The molecule has 0 radical (unpaired) electrons. The van der Waals surface area contributed by atoms with Gasteiger partial charge in [-0.25, -0.2) is 4.98 Å². The molecule has 3 N–H and O–H groups in total. The topological polar surface area (TPSA) is 90.0 Å². The number of hydrogen-bond donors (Lipinski definition) is 2. The van der Waals surface area contributed by atoms with Crippen molar-refractivity contribution in [1.82, 2.24) is 15.0 Å². The van der Waals surface area contributed by atoms with E-state index in [4.69, 9.17) is 19.9 Å². The number of pyridine rings is 2. The smallest absolute Gasteiger partial charge is 0.152 e. The largest absolute Gasteiger partial charge is 0.490 e. The SMILES string of the molecule is N[C@H](COc1cnc(-c2ccco2)c(-c2ccc3cnccc3c2)c1)Cc1c[nH]c2ccccc12. The summed E-state index contributed by atoms with van der Waals surface area (Å²) in [5.74, 6) is 1.37. The van der Waals surface area contributed by atoms with Crippen molar-refractivity contribution >= 4 is 21.7 Å². The monoisotopic (exact) mass is 460 g/mol. The molecular formula is C29H24N4O2. The summed E-state index contributed by atoms with van der Waals surface area (Å²) in [6.07, 6.45) is 9.78. The normalized spacial score (nSPS) is 12.3. The maximum atomic E-state index is 6.44. The Kier molecular flexibility index (Phi) is 5.48. The number of ether oxygens (including phenoxy) is 1. The van der Waals surface area contributed by atoms with Crippen LogP contribution in [0.3, 0.4) is 0 Å². The van der Waals surface area contributed by atoms with E-state index in [2.05, 4.69) is 40.3 Å². The molecule has 0 bridgehead atoms. The predicted octanol–water partition coefficient (Wildman–Crippen LogP) is 5.99. The van der Waals surface area contributed by atoms with Gasteiger partial charge in [-0.3, -0.25) is 4.98 Å². The van der Waals surface area contributed by atoms with Crippen molar-refractivity contribution in [3.05, 3.63) is 103 Å². The number of nitrogens with two attached hydrogens (primary N) is 1. The molecule has 0 amide bonds. The Bertz CT molecular complexity index is 1600. The van der Waals surface area contributed by atoms with Crippen molar-refractivity contribution in [1.29, 1.82) is 0 Å². The van der Waals surface area contributed by atoms with Gasteiger partial charge in [-0.2, -0.15) is 0 Å². The van der Waals surface area contributed by atoms with Crippen LogP contribution in [-0.4, -0.2) is 27.6 Å². The van der Waals surface area contributed by atoms with Gasteiger partial charge in [0.2, 0.25) is 0 Å². The van der Waals surface area contributed by atoms with Crippen molar-refractivity contribution in [3.63, 3.8) is 0 Å². The van der Waals surface area contributed by atoms with Gasteiger partial charge in [0.1, 0.15) is 18.1 Å². The maximum absolute atomic E-state index is 6.44. The molecule has 6 rings (SSSR count). The number of nitrogens with one attached hydrogen (secondary N) is 1. The van der Waals surface area contributed by atoms with Gasteiger partial charge in [-0.15, -0.1) is 0 Å². The Morgan fingerprint density at radius 2 is 1.91 bits per heavy atom. The summed E-state index contributed by atoms with van der Waals surface area (Å²) in [6, 6.07) is 22.1. The molecule has 4 heterocycles. The quantitative estimate of drug-likeness (QED) is 0.306. The summed E-state index contributed by atoms with van der Waals surface area (Å²) in [6.45, 7) is 0.379. The molecule has 0 unspecified atom stereocenters. The summed E-state index contributed by atoms with van der Waals surface area (Å²) in [5.41, 5.74) is 11.5. The lowest BCUT2D eigenvalue weighted by Gasteiger charge is -2.15. The molecule has 0 aliphatic rings. The first-order valence-corrected chi connectivity index (χ1v) is 11.6. The molecule has 0 saturated heterocycles. The lowest BCUT2D eigenvalue weighted by Crippen LogP contribution is -2.30. The second kappa shape index (κ2) is 9.08. The molecule has 1 atom stereocenters. The summed E-state index contributed by atoms with van der Waals surface area (Å²) < 4.78 is 11.8. The Hall–Kier alpha value is -4.42. The van der Waals surface area contributed by atoms with Crippen LogP contribution in [0.4, 0.5) is 0 Å². The third kappa shape index (κ3) is 4.27. The number of aromatic amines is 1. The number of rotatable bonds is 7. The van der Waals surface area contributed by atoms with Crippen LogP contribution in [0.15, 0.2) is 102 Å². The lowest BCUT2D eigenvalue weighted by molar-refractivity contribution is 0.287. The molecule has 0 aliphatic carbocycles. The molecule has 0 fully saturated rings. The van der Waals surface area contributed by atoms with Crippen molar-refractivity contribution in [2.75, 3.05) is 6.61 Å². The highest BCUT2D eigenvalue weighted by Crippen LogP contribution is 2.34. The van der Waals surface area contributed by atoms with E-state index in [1.54, 1.807) is 18.7 Å². The summed E-state index contributed by atoms with van der Waals surface area (Å²) >= 11 is 0. The molecule has 4 aromatic heterocycles. The zero-order valence-electron chi connectivity index (χ0n) is 19.0. The molecule has 0 aliphatic heterocycles. The van der Waals surface area contributed by atoms with E-state index in [0.29, 0.717) is 24.5 Å². The van der Waals surface area contributed by atoms with Gasteiger partial charge >= 0.3 is 0 Å². The second-order valence-electron chi connectivity index (χ2n) is 8.62. The van der Waals surface area contributed by atoms with Gasteiger partial charge in [0, 0.05) is 46.5 Å². The Morgan fingerprint density at radius 1 is 0.971 bits per heavy atom. The number of H-pyrrole nitrogens is 1. The fraction of sp³-hybridized carbons (Fsp3) is 0.103. The average molecular weight is 461 g/mol. The van der Waals surface area contributed by atoms with Crippen molar-refractivity contribution in [2.24, 2.45) is 5.73 Å². The number of benzene rings is 2. The third-order valence-electron chi connectivity index (χ3n) is 6.19. The molecule has 35 heavy (non-hydrogen) atoms. The number of nitrogens with zero attached hydrogens (tertiary/aromatic N) is 2. The minimum atomic E-state index is -0.157. The van der Waals surface area contributed by atoms with Gasteiger partial charge in [0.15, 0.2) is 5.76 Å². The van der Waals surface area contributed by atoms with Gasteiger partial charge in [0.05, 0.1) is 12.5 Å². The van der Waals surface area contributed by atoms with Crippen molar-refractivity contribution < 1.29 is 9.15 Å². The molecule has 0 saturated carbocycles. The molecule has 0 spiro atoms. The van der Waals surface area contributed by atoms with Crippen LogP contribution in [0.5, 0.6) is 5.75 Å². The first-order chi connectivity index (χ1) is 17.2. The van der Waals surface area contributed by atoms with E-state index < -0.39 is 0 Å². The number of fused-ring (bicyclic) bond motifs is 2. The average Bonchev–Trinajstić information content (AvgIpc) is 3.58. The van der Waals surface area contributed by atoms with Gasteiger partial charge < -0.3 is 19.9 Å². The first kappa shape index (κ1) is 21.1. The predicted molar refractivity (Wildman–Crippen MR) is 138 cm³/mol. The molecule has 6 nitrogen and oxygen atoms in total. The van der Waals surface area contributed by atoms with Crippen LogP contribution in [0.2, 0.25) is 0 Å². The van der Waals surface area contributed by atoms with Crippen LogP contribution in [-0.2, 0) is 6.42 Å². The van der Waals surface area contributed by atoms with E-state index in [1.807, 2.05) is 48.8 Å². The van der Waals surface area contributed by atoms with Crippen molar-refractivity contribution in [3.8, 4) is 28.3 Å². The first-order valence-electron chi connectivity index (χ1n) is 11.6. The van der Waals surface area contributed by atoms with Crippen LogP contribution >= 0.6 is 0 Å². The van der Waals surface area contributed by atoms with E-state index in [1.165, 1.54) is 10.9 Å². The zero-order chi connectivity index (χ0) is 23.6. The fourth-order valence-corrected chi connectivity index (χ4v) is 4.45. The summed E-state index contributed by atoms with van der Waals surface area (Å²) in [5, 5.41) is 3.38. The summed E-state index contributed by atoms with van der Waals surface area (Å²) in [4.78, 5) is 12.2. The van der Waals surface area contributed by atoms with E-state index in [9.17, 15) is 0 Å². The number of hydrogen-bond acceptors (Lipinski definition) is 5. The zero-order valence-corrected chi connectivity index (χ0v) is 19.0. The minimum Gasteiger partial charge on any atom is -0.490 e. The molecule has 6 heteroatoms. The number of furan rings is 1. The third-order valence-corrected chi connectivity index (χ3v) is 6.19. The molecule has 2 aromatic carbocycles. The Labute approximate surface area is 202 Å². The highest BCUT2D eigenvalue weighted by Gasteiger charge is 2.15. The second-order valence-corrected chi connectivity index (χ2v) is 8.62. The number of aromatic nitrogens is 3. The standard InChI is InChI=1S/C29H24N4O2/c30-23(13-22-16-32-27-5-2-1-4-25(22)27)18-35-24-14-26(29(33-17-24)28-6-3-11-34-28)20-7-8-21-15-31-10-9-19(21)12-20/h1-12,14-17,23,32H,13,18,30H2/t23-/m0/s1. The lowest BCUT2D eigenvalue weighted by atomic mass is 10.00. The van der Waals surface area contributed by atoms with E-state index in [0.717, 1.165) is 33.1 Å².